The molecule has 0 aromatic heterocycles. The SMILES string of the molecule is CCCc1ccc(Oc2cc(CC)cc(OC)c2O)c(OC)c1. The quantitative estimate of drug-likeness (QED) is 0.803. The minimum atomic E-state index is -0.00983. The van der Waals surface area contributed by atoms with Gasteiger partial charge in [0.1, 0.15) is 0 Å². The molecular weight excluding hydrogens is 292 g/mol. The van der Waals surface area contributed by atoms with Crippen LogP contribution in [0.2, 0.25) is 0 Å². The summed E-state index contributed by atoms with van der Waals surface area (Å²) >= 11 is 0. The standard InChI is InChI=1S/C19H24O4/c1-5-7-14-8-9-15(16(12-14)21-3)23-18-11-13(6-2)10-17(22-4)19(18)20/h8-12,20H,5-7H2,1-4H3. The van der Waals surface area contributed by atoms with E-state index < -0.39 is 0 Å². The van der Waals surface area contributed by atoms with Gasteiger partial charge in [-0.25, -0.2) is 0 Å². The van der Waals surface area contributed by atoms with Crippen LogP contribution in [0.1, 0.15) is 31.4 Å². The second kappa shape index (κ2) is 7.77. The van der Waals surface area contributed by atoms with E-state index in [-0.39, 0.29) is 5.75 Å². The van der Waals surface area contributed by atoms with Gasteiger partial charge in [-0.1, -0.05) is 26.3 Å². The second-order valence-electron chi connectivity index (χ2n) is 5.34. The Balaban J connectivity index is 2.38. The summed E-state index contributed by atoms with van der Waals surface area (Å²) < 4.78 is 16.5. The number of benzene rings is 2. The Hall–Kier alpha value is -2.36. The average Bonchev–Trinajstić information content (AvgIpc) is 2.58. The van der Waals surface area contributed by atoms with Crippen molar-refractivity contribution in [1.29, 1.82) is 0 Å². The first-order valence-electron chi connectivity index (χ1n) is 7.87. The lowest BCUT2D eigenvalue weighted by Gasteiger charge is -2.15. The fourth-order valence-corrected chi connectivity index (χ4v) is 2.43. The zero-order valence-electron chi connectivity index (χ0n) is 14.2. The van der Waals surface area contributed by atoms with Gasteiger partial charge in [-0.2, -0.15) is 0 Å². The number of phenolic OH excluding ortho intramolecular Hbond substituents is 1. The van der Waals surface area contributed by atoms with Crippen LogP contribution in [0.4, 0.5) is 0 Å². The summed E-state index contributed by atoms with van der Waals surface area (Å²) in [6.45, 7) is 4.17. The smallest absolute Gasteiger partial charge is 0.201 e. The van der Waals surface area contributed by atoms with Crippen LogP contribution in [0, 0.1) is 0 Å². The molecule has 0 aliphatic heterocycles. The molecule has 0 heterocycles. The van der Waals surface area contributed by atoms with Crippen LogP contribution in [-0.2, 0) is 12.8 Å². The molecule has 0 radical (unpaired) electrons. The van der Waals surface area contributed by atoms with Gasteiger partial charge in [0.15, 0.2) is 23.0 Å². The highest BCUT2D eigenvalue weighted by atomic mass is 16.5. The lowest BCUT2D eigenvalue weighted by atomic mass is 10.1. The lowest BCUT2D eigenvalue weighted by Crippen LogP contribution is -1.95. The van der Waals surface area contributed by atoms with E-state index in [1.165, 1.54) is 12.7 Å². The first-order valence-corrected chi connectivity index (χ1v) is 7.87. The highest BCUT2D eigenvalue weighted by Gasteiger charge is 2.14. The third-order valence-corrected chi connectivity index (χ3v) is 3.71. The van der Waals surface area contributed by atoms with E-state index in [2.05, 4.69) is 6.92 Å². The number of ether oxygens (including phenoxy) is 3. The van der Waals surface area contributed by atoms with Crippen LogP contribution in [0.25, 0.3) is 0 Å². The van der Waals surface area contributed by atoms with Gasteiger partial charge in [0.05, 0.1) is 14.2 Å². The molecule has 2 aromatic rings. The highest BCUT2D eigenvalue weighted by molar-refractivity contribution is 5.55. The number of aryl methyl sites for hydroxylation is 2. The van der Waals surface area contributed by atoms with Gasteiger partial charge >= 0.3 is 0 Å². The first kappa shape index (κ1) is 17.0. The fraction of sp³-hybridized carbons (Fsp3) is 0.368. The summed E-state index contributed by atoms with van der Waals surface area (Å²) in [6.07, 6.45) is 2.88. The molecule has 0 saturated heterocycles. The third-order valence-electron chi connectivity index (χ3n) is 3.71. The summed E-state index contributed by atoms with van der Waals surface area (Å²) in [5, 5.41) is 10.3. The molecule has 4 nitrogen and oxygen atoms in total. The number of aromatic hydroxyl groups is 1. The van der Waals surface area contributed by atoms with Crippen LogP contribution in [0.5, 0.6) is 28.7 Å². The lowest BCUT2D eigenvalue weighted by molar-refractivity contribution is 0.343. The van der Waals surface area contributed by atoms with E-state index in [9.17, 15) is 5.11 Å². The van der Waals surface area contributed by atoms with Gasteiger partial charge < -0.3 is 19.3 Å². The maximum atomic E-state index is 10.3. The maximum Gasteiger partial charge on any atom is 0.201 e. The van der Waals surface area contributed by atoms with Gasteiger partial charge in [0.2, 0.25) is 5.75 Å². The van der Waals surface area contributed by atoms with Crippen LogP contribution >= 0.6 is 0 Å². The van der Waals surface area contributed by atoms with E-state index >= 15 is 0 Å². The summed E-state index contributed by atoms with van der Waals surface area (Å²) in [7, 11) is 3.14. The number of methoxy groups -OCH3 is 2. The van der Waals surface area contributed by atoms with E-state index in [0.717, 1.165) is 24.8 Å². The first-order chi connectivity index (χ1) is 11.1. The predicted octanol–water partition coefficient (Wildman–Crippen LogP) is 4.72. The summed E-state index contributed by atoms with van der Waals surface area (Å²) in [5.41, 5.74) is 2.22. The molecule has 2 rings (SSSR count). The molecule has 124 valence electrons. The van der Waals surface area contributed by atoms with Crippen molar-refractivity contribution in [2.24, 2.45) is 0 Å². The largest absolute Gasteiger partial charge is 0.502 e. The van der Waals surface area contributed by atoms with E-state index in [0.29, 0.717) is 23.0 Å². The number of phenols is 1. The number of rotatable bonds is 7. The Kier molecular flexibility index (Phi) is 5.74. The second-order valence-corrected chi connectivity index (χ2v) is 5.34. The molecule has 0 aliphatic rings. The molecule has 0 atom stereocenters. The molecule has 4 heteroatoms. The number of hydrogen-bond donors (Lipinski definition) is 1. The molecule has 0 bridgehead atoms. The zero-order valence-corrected chi connectivity index (χ0v) is 14.2. The minimum absolute atomic E-state index is 0.00983. The van der Waals surface area contributed by atoms with Crippen molar-refractivity contribution in [1.82, 2.24) is 0 Å². The van der Waals surface area contributed by atoms with Crippen LogP contribution in [-0.4, -0.2) is 19.3 Å². The Morgan fingerprint density at radius 1 is 0.826 bits per heavy atom. The Labute approximate surface area is 137 Å². The molecule has 0 saturated carbocycles. The van der Waals surface area contributed by atoms with Gasteiger partial charge in [0, 0.05) is 0 Å². The van der Waals surface area contributed by atoms with E-state index in [1.54, 1.807) is 7.11 Å². The molecule has 0 aliphatic carbocycles. The van der Waals surface area contributed by atoms with Crippen molar-refractivity contribution in [3.8, 4) is 28.7 Å². The van der Waals surface area contributed by atoms with E-state index in [1.807, 2.05) is 37.3 Å². The molecule has 0 fully saturated rings. The maximum absolute atomic E-state index is 10.3. The number of hydrogen-bond acceptors (Lipinski definition) is 4. The van der Waals surface area contributed by atoms with Crippen LogP contribution in [0.3, 0.4) is 0 Å². The molecule has 1 N–H and O–H groups in total. The summed E-state index contributed by atoms with van der Waals surface area (Å²) in [4.78, 5) is 0. The normalized spacial score (nSPS) is 10.4. The molecule has 0 amide bonds. The molecule has 2 aromatic carbocycles. The van der Waals surface area contributed by atoms with Gasteiger partial charge in [-0.3, -0.25) is 0 Å². The summed E-state index contributed by atoms with van der Waals surface area (Å²) in [5.74, 6) is 1.97. The molecule has 0 unspecified atom stereocenters. The molecular formula is C19H24O4. The Bertz CT molecular complexity index is 665. The highest BCUT2D eigenvalue weighted by Crippen LogP contribution is 2.42. The van der Waals surface area contributed by atoms with Gasteiger partial charge in [-0.15, -0.1) is 0 Å². The average molecular weight is 316 g/mol. The molecule has 23 heavy (non-hydrogen) atoms. The molecule has 0 spiro atoms. The van der Waals surface area contributed by atoms with Crippen molar-refractivity contribution in [3.05, 3.63) is 41.5 Å². The topological polar surface area (TPSA) is 47.9 Å². The van der Waals surface area contributed by atoms with Crippen molar-refractivity contribution < 1.29 is 19.3 Å². The van der Waals surface area contributed by atoms with Crippen LogP contribution in [0.15, 0.2) is 30.3 Å². The minimum Gasteiger partial charge on any atom is -0.502 e. The predicted molar refractivity (Wildman–Crippen MR) is 91.1 cm³/mol. The van der Waals surface area contributed by atoms with Crippen molar-refractivity contribution in [3.63, 3.8) is 0 Å². The van der Waals surface area contributed by atoms with Crippen molar-refractivity contribution >= 4 is 0 Å². The summed E-state index contributed by atoms with van der Waals surface area (Å²) in [6, 6.07) is 9.48. The third kappa shape index (κ3) is 3.89. The fourth-order valence-electron chi connectivity index (χ4n) is 2.43. The van der Waals surface area contributed by atoms with Gasteiger partial charge in [0.25, 0.3) is 0 Å². The van der Waals surface area contributed by atoms with Gasteiger partial charge in [-0.05, 0) is 48.2 Å². The Morgan fingerprint density at radius 3 is 2.09 bits per heavy atom. The van der Waals surface area contributed by atoms with Crippen LogP contribution < -0.4 is 14.2 Å². The Morgan fingerprint density at radius 2 is 1.48 bits per heavy atom. The van der Waals surface area contributed by atoms with Crippen molar-refractivity contribution in [2.45, 2.75) is 33.1 Å². The monoisotopic (exact) mass is 316 g/mol. The van der Waals surface area contributed by atoms with Crippen molar-refractivity contribution in [2.75, 3.05) is 14.2 Å². The zero-order chi connectivity index (χ0) is 16.8. The van der Waals surface area contributed by atoms with E-state index in [4.69, 9.17) is 14.2 Å².